The molecule has 2 aromatic heterocycles. The zero-order valence-corrected chi connectivity index (χ0v) is 33.6. The van der Waals surface area contributed by atoms with E-state index in [0.717, 1.165) is 77.5 Å². The molecule has 3 heteroatoms. The van der Waals surface area contributed by atoms with Gasteiger partial charge in [-0.1, -0.05) is 164 Å². The highest BCUT2D eigenvalue weighted by molar-refractivity contribution is 6.19. The summed E-state index contributed by atoms with van der Waals surface area (Å²) in [5, 5.41) is 6.73. The predicted octanol–water partition coefficient (Wildman–Crippen LogP) is 16.1. The van der Waals surface area contributed by atoms with Crippen molar-refractivity contribution in [1.82, 2.24) is 0 Å². The number of benzene rings is 10. The third-order valence-electron chi connectivity index (χ3n) is 13.1. The minimum atomic E-state index is -0.539. The van der Waals surface area contributed by atoms with Gasteiger partial charge in [-0.15, -0.1) is 0 Å². The SMILES string of the molecule is c1ccc(C2(c3ccccc3)c3ccccc3-c3ccc(N(c4cccc(-c5cccc6oc7c8ccccc8ccc7c56)c4)c4ccc5c(c4)oc4ccccc45)cc32)cc1. The molecule has 13 rings (SSSR count). The molecule has 1 aliphatic carbocycles. The van der Waals surface area contributed by atoms with Gasteiger partial charge in [0.25, 0.3) is 0 Å². The molecule has 0 atom stereocenters. The summed E-state index contributed by atoms with van der Waals surface area (Å²) in [6.07, 6.45) is 0. The van der Waals surface area contributed by atoms with Crippen molar-refractivity contribution in [3.63, 3.8) is 0 Å². The van der Waals surface area contributed by atoms with Crippen molar-refractivity contribution in [2.45, 2.75) is 5.41 Å². The summed E-state index contributed by atoms with van der Waals surface area (Å²) in [4.78, 5) is 2.39. The number of fused-ring (bicyclic) bond motifs is 11. The van der Waals surface area contributed by atoms with Crippen molar-refractivity contribution in [2.75, 3.05) is 4.90 Å². The molecular formula is C59H37NO2. The summed E-state index contributed by atoms with van der Waals surface area (Å²) in [5.41, 5.74) is 15.8. The Morgan fingerprint density at radius 1 is 0.339 bits per heavy atom. The average Bonchev–Trinajstić information content (AvgIpc) is 4.01. The highest BCUT2D eigenvalue weighted by Gasteiger charge is 2.46. The van der Waals surface area contributed by atoms with E-state index in [0.29, 0.717) is 0 Å². The van der Waals surface area contributed by atoms with Gasteiger partial charge in [0.1, 0.15) is 22.3 Å². The van der Waals surface area contributed by atoms with Crippen LogP contribution in [0.15, 0.2) is 233 Å². The second-order valence-electron chi connectivity index (χ2n) is 16.4. The molecule has 0 spiro atoms. The average molecular weight is 792 g/mol. The van der Waals surface area contributed by atoms with Crippen LogP contribution < -0.4 is 4.90 Å². The topological polar surface area (TPSA) is 29.5 Å². The van der Waals surface area contributed by atoms with Crippen LogP contribution in [-0.2, 0) is 5.41 Å². The summed E-state index contributed by atoms with van der Waals surface area (Å²) >= 11 is 0. The molecule has 0 bridgehead atoms. The number of nitrogens with zero attached hydrogens (tertiary/aromatic N) is 1. The first-order valence-electron chi connectivity index (χ1n) is 21.2. The minimum Gasteiger partial charge on any atom is -0.456 e. The molecule has 12 aromatic rings. The molecule has 62 heavy (non-hydrogen) atoms. The fourth-order valence-corrected chi connectivity index (χ4v) is 10.5. The van der Waals surface area contributed by atoms with Crippen molar-refractivity contribution in [1.29, 1.82) is 0 Å². The first-order valence-corrected chi connectivity index (χ1v) is 21.2. The highest BCUT2D eigenvalue weighted by Crippen LogP contribution is 2.57. The van der Waals surface area contributed by atoms with E-state index < -0.39 is 5.41 Å². The lowest BCUT2D eigenvalue weighted by atomic mass is 9.67. The molecule has 3 nitrogen and oxygen atoms in total. The van der Waals surface area contributed by atoms with Gasteiger partial charge >= 0.3 is 0 Å². The second kappa shape index (κ2) is 13.4. The fourth-order valence-electron chi connectivity index (χ4n) is 10.5. The zero-order chi connectivity index (χ0) is 40.8. The van der Waals surface area contributed by atoms with Crippen molar-refractivity contribution in [3.05, 3.63) is 247 Å². The normalized spacial score (nSPS) is 13.0. The van der Waals surface area contributed by atoms with E-state index in [4.69, 9.17) is 8.83 Å². The number of hydrogen-bond acceptors (Lipinski definition) is 3. The van der Waals surface area contributed by atoms with Gasteiger partial charge in [-0.2, -0.15) is 0 Å². The molecule has 0 fully saturated rings. The van der Waals surface area contributed by atoms with Gasteiger partial charge in [0.15, 0.2) is 0 Å². The van der Waals surface area contributed by atoms with E-state index in [2.05, 4.69) is 217 Å². The summed E-state index contributed by atoms with van der Waals surface area (Å²) in [6.45, 7) is 0. The van der Waals surface area contributed by atoms with E-state index in [1.807, 2.05) is 12.1 Å². The van der Waals surface area contributed by atoms with Gasteiger partial charge in [0.05, 0.1) is 5.41 Å². The van der Waals surface area contributed by atoms with Crippen LogP contribution in [0, 0.1) is 0 Å². The van der Waals surface area contributed by atoms with Gasteiger partial charge in [-0.25, -0.2) is 0 Å². The maximum atomic E-state index is 6.65. The van der Waals surface area contributed by atoms with E-state index in [1.165, 1.54) is 38.8 Å². The first-order chi connectivity index (χ1) is 30.7. The third-order valence-corrected chi connectivity index (χ3v) is 13.1. The number of para-hydroxylation sites is 1. The van der Waals surface area contributed by atoms with Crippen LogP contribution in [0.25, 0.3) is 76.9 Å². The molecule has 0 saturated carbocycles. The molecule has 10 aromatic carbocycles. The molecule has 0 N–H and O–H groups in total. The van der Waals surface area contributed by atoms with E-state index in [9.17, 15) is 0 Å². The third kappa shape index (κ3) is 5.00. The Kier molecular flexibility index (Phi) is 7.52. The highest BCUT2D eigenvalue weighted by atomic mass is 16.3. The van der Waals surface area contributed by atoms with Gasteiger partial charge in [0, 0.05) is 50.1 Å². The van der Waals surface area contributed by atoms with Crippen molar-refractivity contribution in [2.24, 2.45) is 0 Å². The molecule has 0 saturated heterocycles. The Morgan fingerprint density at radius 2 is 0.952 bits per heavy atom. The van der Waals surface area contributed by atoms with Crippen LogP contribution in [0.1, 0.15) is 22.3 Å². The van der Waals surface area contributed by atoms with Crippen LogP contribution in [0.4, 0.5) is 17.1 Å². The van der Waals surface area contributed by atoms with Gasteiger partial charge in [-0.05, 0) is 104 Å². The van der Waals surface area contributed by atoms with E-state index >= 15 is 0 Å². The summed E-state index contributed by atoms with van der Waals surface area (Å²) < 4.78 is 13.2. The Bertz CT molecular complexity index is 3670. The van der Waals surface area contributed by atoms with Crippen LogP contribution in [0.3, 0.4) is 0 Å². The summed E-state index contributed by atoms with van der Waals surface area (Å²) in [7, 11) is 0. The quantitative estimate of drug-likeness (QED) is 0.168. The first kappa shape index (κ1) is 34.7. The molecule has 0 radical (unpaired) electrons. The van der Waals surface area contributed by atoms with Crippen LogP contribution in [-0.4, -0.2) is 0 Å². The standard InChI is InChI=1S/C59H37NO2/c1-3-17-40(18-4-1)59(41-19-5-2-6-20-41)52-26-11-9-23-47(52)48-33-30-43(36-53(48)59)60(44-31-34-50-49-24-10-12-27-54(49)61-56(50)37-44)42-21-13-16-39(35-42)45-25-14-28-55-57(45)51-32-29-38-15-7-8-22-46(38)58(51)62-55/h1-37H. The lowest BCUT2D eigenvalue weighted by Crippen LogP contribution is -2.28. The van der Waals surface area contributed by atoms with Crippen LogP contribution >= 0.6 is 0 Å². The number of rotatable bonds is 6. The van der Waals surface area contributed by atoms with Crippen LogP contribution in [0.2, 0.25) is 0 Å². The Balaban J connectivity index is 1.06. The minimum absolute atomic E-state index is 0.539. The Morgan fingerprint density at radius 3 is 1.81 bits per heavy atom. The maximum absolute atomic E-state index is 6.65. The van der Waals surface area contributed by atoms with Gasteiger partial charge in [-0.3, -0.25) is 0 Å². The lowest BCUT2D eigenvalue weighted by molar-refractivity contribution is 0.669. The number of hydrogen-bond donors (Lipinski definition) is 0. The Hall–Kier alpha value is -8.14. The van der Waals surface area contributed by atoms with Crippen molar-refractivity contribution >= 4 is 71.7 Å². The molecule has 290 valence electrons. The maximum Gasteiger partial charge on any atom is 0.143 e. The van der Waals surface area contributed by atoms with Crippen molar-refractivity contribution in [3.8, 4) is 22.3 Å². The Labute approximate surface area is 358 Å². The largest absolute Gasteiger partial charge is 0.456 e. The van der Waals surface area contributed by atoms with E-state index in [-0.39, 0.29) is 0 Å². The van der Waals surface area contributed by atoms with E-state index in [1.54, 1.807) is 0 Å². The van der Waals surface area contributed by atoms with Crippen molar-refractivity contribution < 1.29 is 8.83 Å². The molecule has 2 heterocycles. The molecule has 0 unspecified atom stereocenters. The molecule has 0 aliphatic heterocycles. The zero-order valence-electron chi connectivity index (χ0n) is 33.6. The molecule has 1 aliphatic rings. The molecular weight excluding hydrogens is 755 g/mol. The smallest absolute Gasteiger partial charge is 0.143 e. The van der Waals surface area contributed by atoms with Gasteiger partial charge < -0.3 is 13.7 Å². The number of furan rings is 2. The summed E-state index contributed by atoms with van der Waals surface area (Å²) in [5.74, 6) is 0. The fraction of sp³-hybridized carbons (Fsp3) is 0.0169. The monoisotopic (exact) mass is 791 g/mol. The molecule has 0 amide bonds. The summed E-state index contributed by atoms with van der Waals surface area (Å²) in [6, 6.07) is 81.1. The second-order valence-corrected chi connectivity index (χ2v) is 16.4. The van der Waals surface area contributed by atoms with Crippen LogP contribution in [0.5, 0.6) is 0 Å². The van der Waals surface area contributed by atoms with Gasteiger partial charge in [0.2, 0.25) is 0 Å². The predicted molar refractivity (Wildman–Crippen MR) is 256 cm³/mol. The lowest BCUT2D eigenvalue weighted by Gasteiger charge is -2.35. The number of anilines is 3.